The van der Waals surface area contributed by atoms with E-state index in [0.717, 1.165) is 24.7 Å². The molecule has 0 spiro atoms. The summed E-state index contributed by atoms with van der Waals surface area (Å²) in [7, 11) is 1.56. The minimum Gasteiger partial charge on any atom is -0.467 e. The Labute approximate surface area is 82.5 Å². The van der Waals surface area contributed by atoms with Gasteiger partial charge in [0.05, 0.1) is 26.4 Å². The second-order valence-corrected chi connectivity index (χ2v) is 3.26. The first-order chi connectivity index (χ1) is 6.78. The van der Waals surface area contributed by atoms with Gasteiger partial charge < -0.3 is 14.8 Å². The van der Waals surface area contributed by atoms with E-state index in [4.69, 9.17) is 9.47 Å². The Morgan fingerprint density at radius 1 is 1.50 bits per heavy atom. The van der Waals surface area contributed by atoms with Gasteiger partial charge in [0, 0.05) is 11.8 Å². The summed E-state index contributed by atoms with van der Waals surface area (Å²) in [4.78, 5) is 8.27. The lowest BCUT2D eigenvalue weighted by atomic mass is 10.2. The lowest BCUT2D eigenvalue weighted by Gasteiger charge is -2.27. The van der Waals surface area contributed by atoms with Crippen LogP contribution in [0.25, 0.3) is 0 Å². The molecule has 0 aliphatic carbocycles. The van der Waals surface area contributed by atoms with Crippen LogP contribution in [-0.2, 0) is 4.74 Å². The van der Waals surface area contributed by atoms with Gasteiger partial charge in [-0.15, -0.1) is 0 Å². The van der Waals surface area contributed by atoms with Crippen LogP contribution in [-0.4, -0.2) is 36.3 Å². The first kappa shape index (κ1) is 9.21. The van der Waals surface area contributed by atoms with Crippen molar-refractivity contribution in [1.29, 1.82) is 0 Å². The molecule has 0 unspecified atom stereocenters. The molecule has 2 heterocycles. The number of aromatic nitrogens is 2. The summed E-state index contributed by atoms with van der Waals surface area (Å²) < 4.78 is 10.0. The first-order valence-corrected chi connectivity index (χ1v) is 4.52. The van der Waals surface area contributed by atoms with Gasteiger partial charge in [0.15, 0.2) is 0 Å². The van der Waals surface area contributed by atoms with Crippen molar-refractivity contribution in [2.24, 2.45) is 0 Å². The Bertz CT molecular complexity index is 326. The smallest absolute Gasteiger partial charge is 0.318 e. The molecule has 1 N–H and O–H groups in total. The highest BCUT2D eigenvalue weighted by Gasteiger charge is 2.18. The van der Waals surface area contributed by atoms with Crippen molar-refractivity contribution in [3.8, 4) is 6.01 Å². The van der Waals surface area contributed by atoms with Crippen LogP contribution in [0.4, 0.5) is 5.82 Å². The molecule has 0 amide bonds. The lowest BCUT2D eigenvalue weighted by molar-refractivity contribution is 0.0209. The molecule has 1 aliphatic heterocycles. The largest absolute Gasteiger partial charge is 0.467 e. The van der Waals surface area contributed by atoms with Gasteiger partial charge in [0.1, 0.15) is 5.82 Å². The maximum absolute atomic E-state index is 5.06. The lowest BCUT2D eigenvalue weighted by Crippen LogP contribution is -2.40. The van der Waals surface area contributed by atoms with Gasteiger partial charge in [-0.05, 0) is 6.92 Å². The van der Waals surface area contributed by atoms with Crippen molar-refractivity contribution in [2.75, 3.05) is 25.6 Å². The zero-order valence-electron chi connectivity index (χ0n) is 8.28. The first-order valence-electron chi connectivity index (χ1n) is 4.52. The molecule has 0 atom stereocenters. The Kier molecular flexibility index (Phi) is 2.49. The van der Waals surface area contributed by atoms with E-state index in [9.17, 15) is 0 Å². The highest BCUT2D eigenvalue weighted by molar-refractivity contribution is 5.38. The quantitative estimate of drug-likeness (QED) is 0.765. The molecular formula is C9H13N3O2. The standard InChI is InChI=1S/C9H13N3O2/c1-6-3-8(11-7-4-14-5-7)12-9(10-6)13-2/h3,7H,4-5H2,1-2H3,(H,10,11,12). The van der Waals surface area contributed by atoms with Crippen molar-refractivity contribution in [2.45, 2.75) is 13.0 Å². The topological polar surface area (TPSA) is 56.3 Å². The molecule has 76 valence electrons. The van der Waals surface area contributed by atoms with E-state index in [1.807, 2.05) is 13.0 Å². The molecule has 14 heavy (non-hydrogen) atoms. The van der Waals surface area contributed by atoms with Crippen LogP contribution in [0.15, 0.2) is 6.07 Å². The number of rotatable bonds is 3. The maximum atomic E-state index is 5.06. The van der Waals surface area contributed by atoms with Gasteiger partial charge >= 0.3 is 6.01 Å². The van der Waals surface area contributed by atoms with Crippen molar-refractivity contribution >= 4 is 5.82 Å². The maximum Gasteiger partial charge on any atom is 0.318 e. The van der Waals surface area contributed by atoms with Crippen LogP contribution in [0.1, 0.15) is 5.69 Å². The summed E-state index contributed by atoms with van der Waals surface area (Å²) in [5.74, 6) is 0.794. The molecule has 1 aliphatic rings. The molecule has 2 rings (SSSR count). The predicted molar refractivity (Wildman–Crippen MR) is 51.6 cm³/mol. The molecule has 1 fully saturated rings. The third-order valence-electron chi connectivity index (χ3n) is 2.01. The van der Waals surface area contributed by atoms with Crippen LogP contribution in [0, 0.1) is 6.92 Å². The van der Waals surface area contributed by atoms with Gasteiger partial charge in [-0.25, -0.2) is 4.98 Å². The van der Waals surface area contributed by atoms with Gasteiger partial charge in [0.2, 0.25) is 0 Å². The molecule has 0 aromatic carbocycles. The second kappa shape index (κ2) is 3.79. The zero-order chi connectivity index (χ0) is 9.97. The van der Waals surface area contributed by atoms with E-state index in [1.165, 1.54) is 0 Å². The number of anilines is 1. The number of nitrogens with zero attached hydrogens (tertiary/aromatic N) is 2. The zero-order valence-corrected chi connectivity index (χ0v) is 8.28. The number of hydrogen-bond acceptors (Lipinski definition) is 5. The monoisotopic (exact) mass is 195 g/mol. The summed E-state index contributed by atoms with van der Waals surface area (Å²) >= 11 is 0. The normalized spacial score (nSPS) is 16.1. The van der Waals surface area contributed by atoms with E-state index >= 15 is 0 Å². The molecule has 1 aromatic rings. The number of aryl methyl sites for hydroxylation is 1. The average molecular weight is 195 g/mol. The highest BCUT2D eigenvalue weighted by atomic mass is 16.5. The van der Waals surface area contributed by atoms with E-state index in [2.05, 4.69) is 15.3 Å². The summed E-state index contributed by atoms with van der Waals surface area (Å²) in [6, 6.07) is 2.66. The average Bonchev–Trinajstić information content (AvgIpc) is 2.10. The van der Waals surface area contributed by atoms with Gasteiger partial charge in [-0.1, -0.05) is 0 Å². The fraction of sp³-hybridized carbons (Fsp3) is 0.556. The second-order valence-electron chi connectivity index (χ2n) is 3.26. The number of ether oxygens (including phenoxy) is 2. The molecule has 1 aromatic heterocycles. The van der Waals surface area contributed by atoms with Crippen molar-refractivity contribution in [3.63, 3.8) is 0 Å². The number of nitrogens with one attached hydrogen (secondary N) is 1. The summed E-state index contributed by atoms with van der Waals surface area (Å²) in [6.45, 7) is 3.39. The van der Waals surface area contributed by atoms with E-state index in [0.29, 0.717) is 12.1 Å². The van der Waals surface area contributed by atoms with Crippen molar-refractivity contribution in [3.05, 3.63) is 11.8 Å². The van der Waals surface area contributed by atoms with Crippen LogP contribution < -0.4 is 10.1 Å². The highest BCUT2D eigenvalue weighted by Crippen LogP contribution is 2.14. The van der Waals surface area contributed by atoms with Crippen molar-refractivity contribution in [1.82, 2.24) is 9.97 Å². The summed E-state index contributed by atoms with van der Waals surface area (Å²) in [6.07, 6.45) is 0. The third kappa shape index (κ3) is 1.93. The van der Waals surface area contributed by atoms with Gasteiger partial charge in [-0.2, -0.15) is 4.98 Å². The molecule has 0 bridgehead atoms. The minimum atomic E-state index is 0.369. The number of hydrogen-bond donors (Lipinski definition) is 1. The van der Waals surface area contributed by atoms with Gasteiger partial charge in [0.25, 0.3) is 0 Å². The summed E-state index contributed by atoms with van der Waals surface area (Å²) in [5.41, 5.74) is 0.889. The van der Waals surface area contributed by atoms with Crippen LogP contribution in [0.5, 0.6) is 6.01 Å². The SMILES string of the molecule is COc1nc(C)cc(NC2COC2)n1. The minimum absolute atomic E-state index is 0.369. The van der Waals surface area contributed by atoms with Crippen LogP contribution in [0.2, 0.25) is 0 Å². The van der Waals surface area contributed by atoms with Gasteiger partial charge in [-0.3, -0.25) is 0 Å². The van der Waals surface area contributed by atoms with Crippen molar-refractivity contribution < 1.29 is 9.47 Å². The molecular weight excluding hydrogens is 182 g/mol. The Balaban J connectivity index is 2.11. The molecule has 5 nitrogen and oxygen atoms in total. The fourth-order valence-electron chi connectivity index (χ4n) is 1.23. The molecule has 5 heteroatoms. The Morgan fingerprint density at radius 3 is 2.86 bits per heavy atom. The van der Waals surface area contributed by atoms with E-state index in [-0.39, 0.29) is 0 Å². The van der Waals surface area contributed by atoms with E-state index in [1.54, 1.807) is 7.11 Å². The Hall–Kier alpha value is -1.36. The third-order valence-corrected chi connectivity index (χ3v) is 2.01. The molecule has 0 radical (unpaired) electrons. The van der Waals surface area contributed by atoms with Crippen LogP contribution in [0.3, 0.4) is 0 Å². The van der Waals surface area contributed by atoms with Crippen LogP contribution >= 0.6 is 0 Å². The fourth-order valence-corrected chi connectivity index (χ4v) is 1.23. The number of methoxy groups -OCH3 is 1. The molecule has 0 saturated carbocycles. The Morgan fingerprint density at radius 2 is 2.29 bits per heavy atom. The summed E-state index contributed by atoms with van der Waals surface area (Å²) in [5, 5.41) is 3.24. The van der Waals surface area contributed by atoms with E-state index < -0.39 is 0 Å². The molecule has 1 saturated heterocycles. The predicted octanol–water partition coefficient (Wildman–Crippen LogP) is 0.604.